The van der Waals surface area contributed by atoms with Gasteiger partial charge in [0, 0.05) is 24.7 Å². The number of carboxylic acid groups (broad SMARTS) is 1. The van der Waals surface area contributed by atoms with Gasteiger partial charge in [0.2, 0.25) is 5.95 Å². The predicted molar refractivity (Wildman–Crippen MR) is 147 cm³/mol. The number of pyridine rings is 1. The topological polar surface area (TPSA) is 100 Å². The van der Waals surface area contributed by atoms with Crippen LogP contribution in [0.25, 0.3) is 11.3 Å². The zero-order valence-electron chi connectivity index (χ0n) is 23.3. The number of benzene rings is 1. The Balaban J connectivity index is 1.54. The van der Waals surface area contributed by atoms with Crippen LogP contribution < -0.4 is 5.32 Å². The fourth-order valence-corrected chi connectivity index (χ4v) is 4.41. The van der Waals surface area contributed by atoms with Gasteiger partial charge in [-0.05, 0) is 48.6 Å². The molecule has 0 aliphatic carbocycles. The first-order chi connectivity index (χ1) is 19.2. The van der Waals surface area contributed by atoms with E-state index in [0.29, 0.717) is 36.9 Å². The number of halogens is 4. The van der Waals surface area contributed by atoms with Crippen LogP contribution in [-0.4, -0.2) is 55.8 Å². The van der Waals surface area contributed by atoms with Crippen molar-refractivity contribution in [1.82, 2.24) is 19.7 Å². The summed E-state index contributed by atoms with van der Waals surface area (Å²) in [6.45, 7) is 6.37. The van der Waals surface area contributed by atoms with Crippen molar-refractivity contribution in [2.24, 2.45) is 5.41 Å². The highest BCUT2D eigenvalue weighted by molar-refractivity contribution is 5.82. The molecule has 1 amide bonds. The van der Waals surface area contributed by atoms with Crippen molar-refractivity contribution in [2.45, 2.75) is 65.2 Å². The largest absolute Gasteiger partial charge is 0.465 e. The molecule has 3 aromatic rings. The number of amides is 1. The Morgan fingerprint density at radius 3 is 2.34 bits per heavy atom. The number of Topliss-reactive ketones (excluding diaryl/α,β-unsaturated/α-hetero) is 1. The number of nitrogens with one attached hydrogen (secondary N) is 1. The molecular weight excluding hydrogens is 542 g/mol. The second-order valence-corrected chi connectivity index (χ2v) is 10.9. The van der Waals surface area contributed by atoms with E-state index in [1.54, 1.807) is 23.0 Å². The molecule has 0 radical (unpaired) electrons. The molecule has 222 valence electrons. The van der Waals surface area contributed by atoms with Crippen molar-refractivity contribution in [3.8, 4) is 11.3 Å². The quantitative estimate of drug-likeness (QED) is 0.133. The van der Waals surface area contributed by atoms with Crippen LogP contribution in [0, 0.1) is 11.4 Å². The number of nitrogens with zero attached hydrogens (tertiary/aromatic N) is 4. The number of rotatable bonds is 13. The Bertz CT molecular complexity index is 1300. The van der Waals surface area contributed by atoms with E-state index in [-0.39, 0.29) is 31.2 Å². The minimum Gasteiger partial charge on any atom is -0.465 e. The van der Waals surface area contributed by atoms with Crippen LogP contribution in [0.15, 0.2) is 54.7 Å². The summed E-state index contributed by atoms with van der Waals surface area (Å²) in [5.74, 6) is -0.403. The summed E-state index contributed by atoms with van der Waals surface area (Å²) in [6.07, 6.45) is -1.72. The lowest BCUT2D eigenvalue weighted by atomic mass is 9.85. The number of unbranched alkanes of at least 4 members (excludes halogenated alkanes) is 2. The molecule has 0 saturated carbocycles. The van der Waals surface area contributed by atoms with Gasteiger partial charge in [-0.2, -0.15) is 22.7 Å². The van der Waals surface area contributed by atoms with Gasteiger partial charge in [0.15, 0.2) is 5.78 Å². The molecule has 0 aliphatic rings. The summed E-state index contributed by atoms with van der Waals surface area (Å²) < 4.78 is 53.4. The summed E-state index contributed by atoms with van der Waals surface area (Å²) in [5, 5.41) is 17.3. The fourth-order valence-electron chi connectivity index (χ4n) is 4.41. The second kappa shape index (κ2) is 13.6. The van der Waals surface area contributed by atoms with Gasteiger partial charge in [-0.15, -0.1) is 0 Å². The van der Waals surface area contributed by atoms with Gasteiger partial charge < -0.3 is 15.3 Å². The molecule has 8 nitrogen and oxygen atoms in total. The third-order valence-corrected chi connectivity index (χ3v) is 6.67. The lowest BCUT2D eigenvalue weighted by molar-refractivity contribution is -0.137. The van der Waals surface area contributed by atoms with E-state index in [1.165, 1.54) is 29.2 Å². The third-order valence-electron chi connectivity index (χ3n) is 6.67. The van der Waals surface area contributed by atoms with E-state index < -0.39 is 35.2 Å². The SMILES string of the molecule is CC(C)(C)[C@@H](Cn1ccc(-c2ccc(C(F)(F)F)cc2)n1)N(CCCCCC(=O)CNc1cccc(F)n1)C(=O)O. The number of alkyl halides is 3. The van der Waals surface area contributed by atoms with Gasteiger partial charge in [0.1, 0.15) is 5.82 Å². The van der Waals surface area contributed by atoms with Gasteiger partial charge >= 0.3 is 12.3 Å². The average Bonchev–Trinajstić information content (AvgIpc) is 3.36. The molecule has 2 N–H and O–H groups in total. The van der Waals surface area contributed by atoms with Gasteiger partial charge in [0.05, 0.1) is 30.4 Å². The van der Waals surface area contributed by atoms with E-state index in [9.17, 15) is 32.3 Å². The minimum absolute atomic E-state index is 0.0299. The zero-order chi connectivity index (χ0) is 30.2. The maximum atomic E-state index is 13.2. The monoisotopic (exact) mass is 577 g/mol. The number of carbonyl (C=O) groups is 2. The average molecular weight is 578 g/mol. The predicted octanol–water partition coefficient (Wildman–Crippen LogP) is 6.74. The highest BCUT2D eigenvalue weighted by Crippen LogP contribution is 2.31. The summed E-state index contributed by atoms with van der Waals surface area (Å²) >= 11 is 0. The van der Waals surface area contributed by atoms with E-state index in [1.807, 2.05) is 20.8 Å². The molecular formula is C29H35F4N5O3. The second-order valence-electron chi connectivity index (χ2n) is 10.9. The molecule has 1 aromatic carbocycles. The van der Waals surface area contributed by atoms with E-state index in [0.717, 1.165) is 12.1 Å². The van der Waals surface area contributed by atoms with Gasteiger partial charge in [0.25, 0.3) is 0 Å². The highest BCUT2D eigenvalue weighted by Gasteiger charge is 2.34. The fraction of sp³-hybridized carbons (Fsp3) is 0.448. The van der Waals surface area contributed by atoms with Crippen molar-refractivity contribution < 1.29 is 32.3 Å². The Morgan fingerprint density at radius 2 is 1.73 bits per heavy atom. The van der Waals surface area contributed by atoms with E-state index in [4.69, 9.17) is 0 Å². The molecule has 0 unspecified atom stereocenters. The maximum Gasteiger partial charge on any atom is 0.416 e. The Labute approximate surface area is 236 Å². The maximum absolute atomic E-state index is 13.2. The van der Waals surface area contributed by atoms with Crippen LogP contribution >= 0.6 is 0 Å². The smallest absolute Gasteiger partial charge is 0.416 e. The molecule has 2 heterocycles. The molecule has 2 aromatic heterocycles. The number of anilines is 1. The molecule has 3 rings (SSSR count). The molecule has 41 heavy (non-hydrogen) atoms. The van der Waals surface area contributed by atoms with Crippen molar-refractivity contribution in [1.29, 1.82) is 0 Å². The highest BCUT2D eigenvalue weighted by atomic mass is 19.4. The van der Waals surface area contributed by atoms with Crippen molar-refractivity contribution >= 4 is 17.7 Å². The minimum atomic E-state index is -4.42. The van der Waals surface area contributed by atoms with Crippen LogP contribution in [0.3, 0.4) is 0 Å². The molecule has 0 saturated heterocycles. The lowest BCUT2D eigenvalue weighted by Gasteiger charge is -2.38. The van der Waals surface area contributed by atoms with Gasteiger partial charge in [-0.3, -0.25) is 9.48 Å². The first kappa shape index (κ1) is 31.6. The van der Waals surface area contributed by atoms with Crippen molar-refractivity contribution in [3.05, 3.63) is 66.2 Å². The normalized spacial score (nSPS) is 12.7. The summed E-state index contributed by atoms with van der Waals surface area (Å²) in [4.78, 5) is 29.4. The Kier molecular flexibility index (Phi) is 10.5. The van der Waals surface area contributed by atoms with Crippen LogP contribution in [0.5, 0.6) is 0 Å². The number of ketones is 1. The van der Waals surface area contributed by atoms with Crippen LogP contribution in [0.1, 0.15) is 52.0 Å². The molecule has 0 fully saturated rings. The molecule has 0 aliphatic heterocycles. The van der Waals surface area contributed by atoms with Crippen molar-refractivity contribution in [2.75, 3.05) is 18.4 Å². The molecule has 12 heteroatoms. The number of carbonyl (C=O) groups excluding carboxylic acids is 1. The molecule has 1 atom stereocenters. The standard InChI is InChI=1S/C29H35F4N5O3/c1-28(2,3)24(19-37-17-15-23(36-37)20-11-13-21(14-12-20)29(31,32)33)38(27(40)41)16-6-4-5-8-22(39)18-34-26-10-7-9-25(30)35-26/h7,9-15,17,24H,4-6,8,16,18-19H2,1-3H3,(H,34,35)(H,40,41)/t24-/m1/s1. The van der Waals surface area contributed by atoms with E-state index in [2.05, 4.69) is 15.4 Å². The molecule has 0 bridgehead atoms. The Morgan fingerprint density at radius 1 is 1.02 bits per heavy atom. The van der Waals surface area contributed by atoms with Crippen LogP contribution in [0.2, 0.25) is 0 Å². The number of hydrogen-bond donors (Lipinski definition) is 2. The zero-order valence-corrected chi connectivity index (χ0v) is 23.3. The van der Waals surface area contributed by atoms with Gasteiger partial charge in [-0.25, -0.2) is 9.78 Å². The number of aromatic nitrogens is 3. The van der Waals surface area contributed by atoms with Gasteiger partial charge in [-0.1, -0.05) is 45.4 Å². The van der Waals surface area contributed by atoms with E-state index >= 15 is 0 Å². The third kappa shape index (κ3) is 9.58. The first-order valence-corrected chi connectivity index (χ1v) is 13.3. The van der Waals surface area contributed by atoms with Crippen molar-refractivity contribution in [3.63, 3.8) is 0 Å². The summed E-state index contributed by atoms with van der Waals surface area (Å²) in [6, 6.07) is 10.3. The molecule has 0 spiro atoms. The van der Waals surface area contributed by atoms with Crippen LogP contribution in [-0.2, 0) is 17.5 Å². The summed E-state index contributed by atoms with van der Waals surface area (Å²) in [7, 11) is 0. The Hall–Kier alpha value is -3.96. The van der Waals surface area contributed by atoms with Crippen LogP contribution in [0.4, 0.5) is 28.2 Å². The number of hydrogen-bond acceptors (Lipinski definition) is 5. The first-order valence-electron chi connectivity index (χ1n) is 13.3. The lowest BCUT2D eigenvalue weighted by Crippen LogP contribution is -2.49. The summed E-state index contributed by atoms with van der Waals surface area (Å²) in [5.41, 5.74) is -0.171.